The number of carbonyl (C=O) groups is 1. The van der Waals surface area contributed by atoms with E-state index in [-0.39, 0.29) is 11.2 Å². The molecule has 0 radical (unpaired) electrons. The summed E-state index contributed by atoms with van der Waals surface area (Å²) in [5, 5.41) is 12.4. The van der Waals surface area contributed by atoms with Crippen LogP contribution in [0.2, 0.25) is 0 Å². The van der Waals surface area contributed by atoms with Gasteiger partial charge in [-0.05, 0) is 12.1 Å². The highest BCUT2D eigenvalue weighted by molar-refractivity contribution is 5.88. The molecule has 3 rings (SSSR count). The van der Waals surface area contributed by atoms with Gasteiger partial charge in [-0.2, -0.15) is 0 Å². The van der Waals surface area contributed by atoms with Gasteiger partial charge in [0.25, 0.3) is 0 Å². The second-order valence-electron chi connectivity index (χ2n) is 3.87. The molecule has 0 fully saturated rings. The van der Waals surface area contributed by atoms with Crippen molar-refractivity contribution in [2.24, 2.45) is 0 Å². The zero-order valence-electron chi connectivity index (χ0n) is 9.28. The average Bonchev–Trinajstić information content (AvgIpc) is 2.97. The molecule has 1 aromatic carbocycles. The van der Waals surface area contributed by atoms with E-state index in [0.29, 0.717) is 5.39 Å². The van der Waals surface area contributed by atoms with Crippen LogP contribution in [0.5, 0.6) is 0 Å². The summed E-state index contributed by atoms with van der Waals surface area (Å²) in [5.41, 5.74) is -0.508. The minimum absolute atomic E-state index is 0.122. The largest absolute Gasteiger partial charge is 0.475 e. The summed E-state index contributed by atoms with van der Waals surface area (Å²) in [6.07, 6.45) is 1.47. The predicted octanol–water partition coefficient (Wildman–Crippen LogP) is 2.80. The molecule has 3 aromatic rings. The van der Waals surface area contributed by atoms with Crippen LogP contribution in [0.3, 0.4) is 0 Å². The predicted molar refractivity (Wildman–Crippen MR) is 60.7 cm³/mol. The fourth-order valence-corrected chi connectivity index (χ4v) is 1.86. The van der Waals surface area contributed by atoms with Gasteiger partial charge in [-0.3, -0.25) is 0 Å². The Bertz CT molecular complexity index is 791. The first-order valence-corrected chi connectivity index (χ1v) is 5.23. The van der Waals surface area contributed by atoms with Crippen LogP contribution in [0, 0.1) is 11.6 Å². The molecule has 0 aliphatic rings. The normalized spacial score (nSPS) is 11.1. The Balaban J connectivity index is 2.25. The van der Waals surface area contributed by atoms with E-state index in [1.165, 1.54) is 12.3 Å². The first kappa shape index (κ1) is 11.4. The number of halogens is 2. The molecule has 5 nitrogen and oxygen atoms in total. The molecule has 2 heterocycles. The van der Waals surface area contributed by atoms with E-state index in [2.05, 4.69) is 14.7 Å². The smallest absolute Gasteiger partial charge is 0.374 e. The van der Waals surface area contributed by atoms with E-state index >= 15 is 0 Å². The average molecular weight is 264 g/mol. The lowest BCUT2D eigenvalue weighted by atomic mass is 10.1. The van der Waals surface area contributed by atoms with Gasteiger partial charge >= 0.3 is 5.97 Å². The molecule has 0 amide bonds. The highest BCUT2D eigenvalue weighted by Crippen LogP contribution is 2.30. The number of carboxylic acids is 1. The van der Waals surface area contributed by atoms with Crippen molar-refractivity contribution in [2.75, 3.05) is 0 Å². The van der Waals surface area contributed by atoms with Crippen molar-refractivity contribution in [2.45, 2.75) is 0 Å². The molecule has 96 valence electrons. The lowest BCUT2D eigenvalue weighted by Crippen LogP contribution is -1.93. The van der Waals surface area contributed by atoms with Gasteiger partial charge < -0.3 is 14.6 Å². The van der Waals surface area contributed by atoms with Gasteiger partial charge in [-0.15, -0.1) is 0 Å². The standard InChI is InChI=1S/C12H6F2N2O3/c13-6-3-5-1-2-15-11(5)10(14)9(6)7-4-8(12(17)18)19-16-7/h1-4,15H,(H,17,18). The molecule has 0 bridgehead atoms. The van der Waals surface area contributed by atoms with E-state index in [1.54, 1.807) is 0 Å². The van der Waals surface area contributed by atoms with Gasteiger partial charge in [-0.25, -0.2) is 13.6 Å². The van der Waals surface area contributed by atoms with Crippen LogP contribution >= 0.6 is 0 Å². The van der Waals surface area contributed by atoms with Crippen LogP contribution in [0.15, 0.2) is 28.9 Å². The molecule has 0 aliphatic heterocycles. The van der Waals surface area contributed by atoms with Gasteiger partial charge in [0.05, 0.1) is 11.1 Å². The summed E-state index contributed by atoms with van der Waals surface area (Å²) in [6.45, 7) is 0. The highest BCUT2D eigenvalue weighted by Gasteiger charge is 2.21. The van der Waals surface area contributed by atoms with Crippen LogP contribution in [0.1, 0.15) is 10.6 Å². The zero-order valence-corrected chi connectivity index (χ0v) is 9.28. The highest BCUT2D eigenvalue weighted by atomic mass is 19.1. The maximum absolute atomic E-state index is 14.2. The van der Waals surface area contributed by atoms with Gasteiger partial charge in [0.15, 0.2) is 5.82 Å². The monoisotopic (exact) mass is 264 g/mol. The first-order valence-electron chi connectivity index (χ1n) is 5.23. The van der Waals surface area contributed by atoms with E-state index in [1.807, 2.05) is 0 Å². The third kappa shape index (κ3) is 1.67. The molecule has 0 unspecified atom stereocenters. The molecule has 0 spiro atoms. The first-order chi connectivity index (χ1) is 9.08. The van der Waals surface area contributed by atoms with Gasteiger partial charge in [0.2, 0.25) is 5.76 Å². The summed E-state index contributed by atoms with van der Waals surface area (Å²) in [6, 6.07) is 3.63. The van der Waals surface area contributed by atoms with Crippen molar-refractivity contribution in [3.8, 4) is 11.3 Å². The van der Waals surface area contributed by atoms with Gasteiger partial charge in [0, 0.05) is 17.6 Å². The summed E-state index contributed by atoms with van der Waals surface area (Å²) >= 11 is 0. The van der Waals surface area contributed by atoms with Gasteiger partial charge in [-0.1, -0.05) is 5.16 Å². The van der Waals surface area contributed by atoms with Crippen LogP contribution in [-0.4, -0.2) is 21.2 Å². The lowest BCUT2D eigenvalue weighted by molar-refractivity contribution is 0.0652. The van der Waals surface area contributed by atoms with Crippen LogP contribution in [-0.2, 0) is 0 Å². The Labute approximate surface area is 104 Å². The second-order valence-corrected chi connectivity index (χ2v) is 3.87. The Kier molecular flexibility index (Phi) is 2.34. The third-order valence-corrected chi connectivity index (χ3v) is 2.72. The van der Waals surface area contributed by atoms with Crippen molar-refractivity contribution in [1.82, 2.24) is 10.1 Å². The van der Waals surface area contributed by atoms with Crippen molar-refractivity contribution >= 4 is 16.9 Å². The van der Waals surface area contributed by atoms with Crippen molar-refractivity contribution in [3.63, 3.8) is 0 Å². The SMILES string of the molecule is O=C(O)c1cc(-c2c(F)cc3cc[nH]c3c2F)no1. The molecular formula is C12H6F2N2O3. The number of nitrogens with zero attached hydrogens (tertiary/aromatic N) is 1. The minimum Gasteiger partial charge on any atom is -0.475 e. The van der Waals surface area contributed by atoms with Crippen LogP contribution in [0.4, 0.5) is 8.78 Å². The molecule has 2 aromatic heterocycles. The lowest BCUT2D eigenvalue weighted by Gasteiger charge is -2.02. The fraction of sp³-hybridized carbons (Fsp3) is 0. The Morgan fingerprint density at radius 1 is 1.37 bits per heavy atom. The van der Waals surface area contributed by atoms with E-state index in [9.17, 15) is 13.6 Å². The minimum atomic E-state index is -1.36. The topological polar surface area (TPSA) is 79.1 Å². The third-order valence-electron chi connectivity index (χ3n) is 2.72. The maximum atomic E-state index is 14.2. The number of carboxylic acid groups (broad SMARTS) is 1. The van der Waals surface area contributed by atoms with Crippen molar-refractivity contribution in [1.29, 1.82) is 0 Å². The number of fused-ring (bicyclic) bond motifs is 1. The number of benzene rings is 1. The maximum Gasteiger partial charge on any atom is 0.374 e. The molecule has 19 heavy (non-hydrogen) atoms. The number of aromatic amines is 1. The number of aromatic nitrogens is 2. The molecule has 0 saturated carbocycles. The number of H-pyrrole nitrogens is 1. The molecule has 7 heteroatoms. The number of nitrogens with one attached hydrogen (secondary N) is 1. The van der Waals surface area contributed by atoms with E-state index in [0.717, 1.165) is 12.1 Å². The Hall–Kier alpha value is -2.70. The molecule has 0 atom stereocenters. The number of hydrogen-bond acceptors (Lipinski definition) is 3. The van der Waals surface area contributed by atoms with Crippen LogP contribution < -0.4 is 0 Å². The Morgan fingerprint density at radius 2 is 2.16 bits per heavy atom. The summed E-state index contributed by atoms with van der Waals surface area (Å²) < 4.78 is 32.5. The van der Waals surface area contributed by atoms with Crippen molar-refractivity contribution in [3.05, 3.63) is 41.8 Å². The molecule has 0 aliphatic carbocycles. The summed E-state index contributed by atoms with van der Waals surface area (Å²) in [5.74, 6) is -3.53. The van der Waals surface area contributed by atoms with Crippen molar-refractivity contribution < 1.29 is 23.2 Å². The Morgan fingerprint density at radius 3 is 2.84 bits per heavy atom. The summed E-state index contributed by atoms with van der Waals surface area (Å²) in [7, 11) is 0. The number of aromatic carboxylic acids is 1. The molecular weight excluding hydrogens is 258 g/mol. The number of hydrogen-bond donors (Lipinski definition) is 2. The number of rotatable bonds is 2. The second kappa shape index (κ2) is 3.91. The van der Waals surface area contributed by atoms with Crippen LogP contribution in [0.25, 0.3) is 22.2 Å². The molecule has 2 N–H and O–H groups in total. The van der Waals surface area contributed by atoms with Gasteiger partial charge in [0.1, 0.15) is 11.5 Å². The molecule has 0 saturated heterocycles. The zero-order chi connectivity index (χ0) is 13.6. The van der Waals surface area contributed by atoms with E-state index < -0.39 is 28.9 Å². The van der Waals surface area contributed by atoms with E-state index in [4.69, 9.17) is 5.11 Å². The summed E-state index contributed by atoms with van der Waals surface area (Å²) in [4.78, 5) is 13.3. The quantitative estimate of drug-likeness (QED) is 0.745. The fourth-order valence-electron chi connectivity index (χ4n) is 1.86.